The minimum absolute atomic E-state index is 0.0390. The van der Waals surface area contributed by atoms with Crippen molar-refractivity contribution in [2.45, 2.75) is 258 Å². The summed E-state index contributed by atoms with van der Waals surface area (Å²) in [6, 6.07) is 0. The molecule has 1 atom stereocenters. The van der Waals surface area contributed by atoms with Gasteiger partial charge in [-0.2, -0.15) is 0 Å². The van der Waals surface area contributed by atoms with E-state index in [-0.39, 0.29) is 25.2 Å². The van der Waals surface area contributed by atoms with Gasteiger partial charge < -0.3 is 14.2 Å². The van der Waals surface area contributed by atoms with Crippen LogP contribution in [0.1, 0.15) is 252 Å². The quantitative estimate of drug-likeness (QED) is 0.0345. The Bertz CT molecular complexity index is 1340. The van der Waals surface area contributed by atoms with E-state index in [2.05, 4.69) is 130 Å². The minimum atomic E-state index is -0.581. The van der Waals surface area contributed by atoms with Gasteiger partial charge in [0.25, 0.3) is 0 Å². The van der Waals surface area contributed by atoms with E-state index >= 15 is 0 Å². The molecular formula is C63H106O5. The lowest BCUT2D eigenvalue weighted by molar-refractivity contribution is -0.163. The van der Waals surface area contributed by atoms with Crippen molar-refractivity contribution < 1.29 is 23.8 Å². The summed E-state index contributed by atoms with van der Waals surface area (Å²) in [6.45, 7) is 7.61. The van der Waals surface area contributed by atoms with Gasteiger partial charge in [-0.1, -0.05) is 246 Å². The van der Waals surface area contributed by atoms with Gasteiger partial charge in [0, 0.05) is 19.4 Å². The molecule has 0 spiro atoms. The average Bonchev–Trinajstić information content (AvgIpc) is 3.34. The third kappa shape index (κ3) is 55.2. The number of rotatable bonds is 51. The molecule has 0 heterocycles. The number of esters is 2. The van der Waals surface area contributed by atoms with Gasteiger partial charge >= 0.3 is 11.9 Å². The summed E-state index contributed by atoms with van der Waals surface area (Å²) in [5.41, 5.74) is 0. The van der Waals surface area contributed by atoms with Crippen LogP contribution in [0.25, 0.3) is 0 Å². The number of ether oxygens (including phenoxy) is 3. The monoisotopic (exact) mass is 943 g/mol. The van der Waals surface area contributed by atoms with Crippen molar-refractivity contribution >= 4 is 11.9 Å². The summed E-state index contributed by atoms with van der Waals surface area (Å²) in [5, 5.41) is 0. The molecule has 5 heteroatoms. The van der Waals surface area contributed by atoms with Crippen molar-refractivity contribution in [3.63, 3.8) is 0 Å². The second-order valence-electron chi connectivity index (χ2n) is 18.5. The van der Waals surface area contributed by atoms with E-state index in [0.29, 0.717) is 19.4 Å². The van der Waals surface area contributed by atoms with Crippen LogP contribution in [0.5, 0.6) is 0 Å². The lowest BCUT2D eigenvalue weighted by atomic mass is 10.0. The fraction of sp³-hybridized carbons (Fsp3) is 0.683. The van der Waals surface area contributed by atoms with Crippen LogP contribution < -0.4 is 0 Å². The number of carbonyl (C=O) groups excluding carboxylic acids is 2. The van der Waals surface area contributed by atoms with E-state index in [1.54, 1.807) is 0 Å². The normalized spacial score (nSPS) is 13.0. The van der Waals surface area contributed by atoms with E-state index in [1.807, 2.05) is 0 Å². The van der Waals surface area contributed by atoms with Crippen molar-refractivity contribution in [2.24, 2.45) is 0 Å². The molecule has 0 rings (SSSR count). The second kappa shape index (κ2) is 57.9. The summed E-state index contributed by atoms with van der Waals surface area (Å²) in [6.07, 6.45) is 79.7. The third-order valence-corrected chi connectivity index (χ3v) is 11.8. The van der Waals surface area contributed by atoms with Gasteiger partial charge in [0.15, 0.2) is 6.10 Å². The Labute approximate surface area is 421 Å². The van der Waals surface area contributed by atoms with E-state index in [4.69, 9.17) is 14.2 Å². The Morgan fingerprint density at radius 3 is 1.12 bits per heavy atom. The molecule has 0 aromatic heterocycles. The molecule has 68 heavy (non-hydrogen) atoms. The lowest BCUT2D eigenvalue weighted by Crippen LogP contribution is -2.30. The van der Waals surface area contributed by atoms with Crippen LogP contribution in [-0.2, 0) is 23.8 Å². The standard InChI is InChI=1S/C63H106O5/c1-4-7-10-13-16-19-22-25-28-31-32-34-36-39-42-45-48-51-54-57-63(65)68-61(59-66-58-55-52-49-46-43-40-37-30-27-24-21-18-15-12-9-6-3)60-67-62(64)56-53-50-47-44-41-38-35-33-29-26-23-20-17-14-11-8-5-2/h8,11,16-17,19-20,25-26,28-29,32,34-35,38-39,42,44,47,61H,4-7,9-10,12-15,18,21-24,27,30-31,33,36-37,40-41,43,45-46,48-60H2,1-3H3/b11-8-,19-16-,20-17-,28-25-,29-26-,34-32-,38-35-,42-39-,47-44-/t61-/m1/s1. The summed E-state index contributed by atoms with van der Waals surface area (Å²) in [5.74, 6) is -0.499. The predicted molar refractivity (Wildman–Crippen MR) is 297 cm³/mol. The van der Waals surface area contributed by atoms with Crippen molar-refractivity contribution in [3.05, 3.63) is 109 Å². The molecule has 388 valence electrons. The summed E-state index contributed by atoms with van der Waals surface area (Å²) in [4.78, 5) is 25.5. The van der Waals surface area contributed by atoms with Crippen molar-refractivity contribution in [3.8, 4) is 0 Å². The molecule has 0 aliphatic heterocycles. The van der Waals surface area contributed by atoms with Gasteiger partial charge in [0.2, 0.25) is 0 Å². The van der Waals surface area contributed by atoms with Gasteiger partial charge in [-0.15, -0.1) is 0 Å². The van der Waals surface area contributed by atoms with Crippen LogP contribution in [0.3, 0.4) is 0 Å². The Balaban J connectivity index is 4.44. The van der Waals surface area contributed by atoms with Gasteiger partial charge in [0.05, 0.1) is 6.61 Å². The SMILES string of the molecule is CC/C=C\C/C=C\C/C=C\C/C=C\C/C=C\CCCC(=O)OC[C@@H](COCCCCCCCCCCCCCCCCCC)OC(=O)CCCCC/C=C\C/C=C\C/C=C\C/C=C\CCCCC. The molecule has 0 N–H and O–H groups in total. The first-order valence-corrected chi connectivity index (χ1v) is 28.4. The Morgan fingerprint density at radius 2 is 0.676 bits per heavy atom. The highest BCUT2D eigenvalue weighted by molar-refractivity contribution is 5.70. The highest BCUT2D eigenvalue weighted by Crippen LogP contribution is 2.15. The van der Waals surface area contributed by atoms with Crippen LogP contribution in [-0.4, -0.2) is 37.9 Å². The molecule has 5 nitrogen and oxygen atoms in total. The van der Waals surface area contributed by atoms with Crippen molar-refractivity contribution in [1.29, 1.82) is 0 Å². The van der Waals surface area contributed by atoms with Crippen LogP contribution in [0.4, 0.5) is 0 Å². The molecule has 0 amide bonds. The Hall–Kier alpha value is -3.44. The van der Waals surface area contributed by atoms with Crippen LogP contribution in [0.15, 0.2) is 109 Å². The van der Waals surface area contributed by atoms with Crippen LogP contribution in [0, 0.1) is 0 Å². The molecule has 0 saturated carbocycles. The first kappa shape index (κ1) is 64.6. The third-order valence-electron chi connectivity index (χ3n) is 11.8. The van der Waals surface area contributed by atoms with Crippen LogP contribution >= 0.6 is 0 Å². The maximum absolute atomic E-state index is 12.9. The summed E-state index contributed by atoms with van der Waals surface area (Å²) < 4.78 is 17.4. The zero-order chi connectivity index (χ0) is 49.2. The number of carbonyl (C=O) groups is 2. The van der Waals surface area contributed by atoms with E-state index in [0.717, 1.165) is 103 Å². The topological polar surface area (TPSA) is 61.8 Å². The fourth-order valence-electron chi connectivity index (χ4n) is 7.59. The minimum Gasteiger partial charge on any atom is -0.462 e. The molecule has 0 unspecified atom stereocenters. The van der Waals surface area contributed by atoms with Crippen molar-refractivity contribution in [1.82, 2.24) is 0 Å². The Morgan fingerprint density at radius 1 is 0.338 bits per heavy atom. The largest absolute Gasteiger partial charge is 0.462 e. The molecule has 0 radical (unpaired) electrons. The number of hydrogen-bond donors (Lipinski definition) is 0. The summed E-state index contributed by atoms with van der Waals surface area (Å²) >= 11 is 0. The number of hydrogen-bond acceptors (Lipinski definition) is 5. The maximum Gasteiger partial charge on any atom is 0.306 e. The van der Waals surface area contributed by atoms with Gasteiger partial charge in [-0.3, -0.25) is 9.59 Å². The van der Waals surface area contributed by atoms with Gasteiger partial charge in [0.1, 0.15) is 6.61 Å². The first-order valence-electron chi connectivity index (χ1n) is 28.4. The molecule has 0 bridgehead atoms. The summed E-state index contributed by atoms with van der Waals surface area (Å²) in [7, 11) is 0. The first-order chi connectivity index (χ1) is 33.6. The van der Waals surface area contributed by atoms with E-state index in [1.165, 1.54) is 116 Å². The molecule has 0 aromatic carbocycles. The molecule has 0 aliphatic rings. The van der Waals surface area contributed by atoms with E-state index in [9.17, 15) is 9.59 Å². The average molecular weight is 944 g/mol. The van der Waals surface area contributed by atoms with E-state index < -0.39 is 6.10 Å². The molecule has 0 aliphatic carbocycles. The molecule has 0 saturated heterocycles. The molecule has 0 aromatic rings. The zero-order valence-electron chi connectivity index (χ0n) is 44.6. The number of unbranched alkanes of at least 4 members (excludes halogenated alkanes) is 22. The smallest absolute Gasteiger partial charge is 0.306 e. The maximum atomic E-state index is 12.9. The molecular weight excluding hydrogens is 837 g/mol. The number of allylic oxidation sites excluding steroid dienone is 18. The predicted octanol–water partition coefficient (Wildman–Crippen LogP) is 19.6. The lowest BCUT2D eigenvalue weighted by Gasteiger charge is -2.18. The van der Waals surface area contributed by atoms with Gasteiger partial charge in [-0.05, 0) is 103 Å². The zero-order valence-corrected chi connectivity index (χ0v) is 44.6. The molecule has 0 fully saturated rings. The highest BCUT2D eigenvalue weighted by atomic mass is 16.6. The van der Waals surface area contributed by atoms with Crippen molar-refractivity contribution in [2.75, 3.05) is 19.8 Å². The fourth-order valence-corrected chi connectivity index (χ4v) is 7.59. The van der Waals surface area contributed by atoms with Crippen LogP contribution in [0.2, 0.25) is 0 Å². The van der Waals surface area contributed by atoms with Gasteiger partial charge in [-0.25, -0.2) is 0 Å². The highest BCUT2D eigenvalue weighted by Gasteiger charge is 2.17. The Kier molecular flexibility index (Phi) is 54.9. The second-order valence-corrected chi connectivity index (χ2v) is 18.5.